The number of carbonyl (C=O) groups excluding carboxylic acids is 1. The van der Waals surface area contributed by atoms with Gasteiger partial charge >= 0.3 is 0 Å². The Morgan fingerprint density at radius 2 is 1.61 bits per heavy atom. The van der Waals surface area contributed by atoms with E-state index in [1.54, 1.807) is 0 Å². The monoisotopic (exact) mass is 484 g/mol. The molecular formula is C28H44O3Si2. The summed E-state index contributed by atoms with van der Waals surface area (Å²) < 4.78 is 12.7. The lowest BCUT2D eigenvalue weighted by Crippen LogP contribution is -2.52. The maximum absolute atomic E-state index is 13.2. The number of rotatable bonds is 4. The normalized spacial score (nSPS) is 16.6. The van der Waals surface area contributed by atoms with Crippen molar-refractivity contribution in [2.24, 2.45) is 0 Å². The van der Waals surface area contributed by atoms with Crippen molar-refractivity contribution in [3.8, 4) is 17.6 Å². The van der Waals surface area contributed by atoms with E-state index in [1.165, 1.54) is 16.3 Å². The lowest BCUT2D eigenvalue weighted by Gasteiger charge is -2.41. The van der Waals surface area contributed by atoms with Gasteiger partial charge in [0.2, 0.25) is 0 Å². The van der Waals surface area contributed by atoms with Gasteiger partial charge in [-0.1, -0.05) is 66.5 Å². The summed E-state index contributed by atoms with van der Waals surface area (Å²) in [7, 11) is -3.73. The van der Waals surface area contributed by atoms with Crippen LogP contribution in [0.5, 0.6) is 5.75 Å². The number of hydrogen-bond acceptors (Lipinski definition) is 3. The molecule has 0 saturated heterocycles. The summed E-state index contributed by atoms with van der Waals surface area (Å²) >= 11 is 0. The van der Waals surface area contributed by atoms with Crippen LogP contribution in [0.25, 0.3) is 0 Å². The summed E-state index contributed by atoms with van der Waals surface area (Å²) in [6.07, 6.45) is 4.13. The molecule has 0 spiro atoms. The van der Waals surface area contributed by atoms with Gasteiger partial charge in [-0.05, 0) is 53.2 Å². The first-order valence-electron chi connectivity index (χ1n) is 12.6. The third-order valence-electron chi connectivity index (χ3n) is 8.56. The van der Waals surface area contributed by atoms with Gasteiger partial charge in [0.15, 0.2) is 14.1 Å². The molecule has 2 aliphatic rings. The molecule has 1 aliphatic heterocycles. The van der Waals surface area contributed by atoms with E-state index in [-0.39, 0.29) is 15.9 Å². The zero-order valence-electron chi connectivity index (χ0n) is 22.7. The summed E-state index contributed by atoms with van der Waals surface area (Å²) in [6.45, 7) is 24.5. The first-order valence-corrected chi connectivity index (χ1v) is 18.5. The van der Waals surface area contributed by atoms with Crippen LogP contribution in [0.4, 0.5) is 0 Å². The van der Waals surface area contributed by atoms with E-state index in [9.17, 15) is 4.79 Å². The number of ketones is 1. The number of ether oxygens (including phenoxy) is 1. The third-order valence-corrected chi connectivity index (χ3v) is 18.6. The molecule has 1 aromatic carbocycles. The van der Waals surface area contributed by atoms with Crippen molar-refractivity contribution in [1.82, 2.24) is 0 Å². The second-order valence-corrected chi connectivity index (χ2v) is 22.9. The van der Waals surface area contributed by atoms with Crippen LogP contribution in [0.3, 0.4) is 0 Å². The molecule has 0 radical (unpaired) electrons. The number of Topliss-reactive ketones (excluding diaryl/α,β-unsaturated/α-hetero) is 1. The van der Waals surface area contributed by atoms with E-state index in [4.69, 9.17) is 9.16 Å². The van der Waals surface area contributed by atoms with E-state index in [2.05, 4.69) is 79.6 Å². The molecule has 0 saturated carbocycles. The van der Waals surface area contributed by atoms with Crippen molar-refractivity contribution in [2.45, 2.75) is 110 Å². The molecular weight excluding hydrogens is 440 g/mol. The van der Waals surface area contributed by atoms with Crippen molar-refractivity contribution in [3.05, 3.63) is 22.3 Å². The molecule has 0 fully saturated rings. The summed E-state index contributed by atoms with van der Waals surface area (Å²) in [5.41, 5.74) is 4.50. The number of carbonyl (C=O) groups is 1. The van der Waals surface area contributed by atoms with Crippen molar-refractivity contribution in [3.63, 3.8) is 0 Å². The molecule has 1 aromatic rings. The van der Waals surface area contributed by atoms with Gasteiger partial charge in [0.05, 0.1) is 14.7 Å². The third kappa shape index (κ3) is 4.90. The number of fused-ring (bicyclic) bond motifs is 2. The molecule has 0 atom stereocenters. The lowest BCUT2D eigenvalue weighted by molar-refractivity contribution is 0.0995. The maximum atomic E-state index is 13.2. The topological polar surface area (TPSA) is 35.5 Å². The van der Waals surface area contributed by atoms with Crippen LogP contribution in [0.2, 0.25) is 36.3 Å². The van der Waals surface area contributed by atoms with Gasteiger partial charge in [0.1, 0.15) is 5.75 Å². The molecule has 5 heteroatoms. The average molecular weight is 485 g/mol. The molecule has 3 nitrogen and oxygen atoms in total. The van der Waals surface area contributed by atoms with Crippen molar-refractivity contribution in [1.29, 1.82) is 0 Å². The highest BCUT2D eigenvalue weighted by Gasteiger charge is 2.45. The Hall–Kier alpha value is -1.36. The summed E-state index contributed by atoms with van der Waals surface area (Å²) in [5, 5.41) is 1.60. The summed E-state index contributed by atoms with van der Waals surface area (Å²) in [6, 6.07) is 0. The molecule has 0 bridgehead atoms. The smallest absolute Gasteiger partial charge is 0.192 e. The van der Waals surface area contributed by atoms with Crippen LogP contribution in [-0.4, -0.2) is 35.4 Å². The SMILES string of the molecule is CC(C)(C)[Si](C)(C)OCCC#Cc1c2c(c([Si](C)(C)C(C)(C)C)c3c1CCC3=O)OCCC2. The predicted molar refractivity (Wildman–Crippen MR) is 144 cm³/mol. The van der Waals surface area contributed by atoms with E-state index in [0.717, 1.165) is 49.2 Å². The molecule has 0 aromatic heterocycles. The fourth-order valence-corrected chi connectivity index (χ4v) is 7.93. The molecule has 0 N–H and O–H groups in total. The molecule has 3 rings (SSSR count). The highest BCUT2D eigenvalue weighted by atomic mass is 28.4. The van der Waals surface area contributed by atoms with Crippen molar-refractivity contribution in [2.75, 3.05) is 13.2 Å². The van der Waals surface area contributed by atoms with Gasteiger partial charge in [-0.25, -0.2) is 0 Å². The Balaban J connectivity index is 2.03. The van der Waals surface area contributed by atoms with Crippen LogP contribution >= 0.6 is 0 Å². The summed E-state index contributed by atoms with van der Waals surface area (Å²) in [5.74, 6) is 8.19. The average Bonchev–Trinajstić information content (AvgIpc) is 3.06. The molecule has 1 heterocycles. The maximum Gasteiger partial charge on any atom is 0.192 e. The van der Waals surface area contributed by atoms with Crippen LogP contribution in [-0.2, 0) is 17.3 Å². The van der Waals surface area contributed by atoms with Crippen LogP contribution in [0, 0.1) is 11.8 Å². The Morgan fingerprint density at radius 1 is 0.939 bits per heavy atom. The zero-order chi connectivity index (χ0) is 24.8. The Morgan fingerprint density at radius 3 is 2.21 bits per heavy atom. The minimum atomic E-state index is -1.97. The minimum Gasteiger partial charge on any atom is -0.493 e. The predicted octanol–water partition coefficient (Wildman–Crippen LogP) is 6.62. The second kappa shape index (κ2) is 9.02. The largest absolute Gasteiger partial charge is 0.493 e. The number of hydrogen-bond donors (Lipinski definition) is 0. The molecule has 182 valence electrons. The number of benzene rings is 1. The van der Waals surface area contributed by atoms with Crippen LogP contribution in [0.15, 0.2) is 0 Å². The fourth-order valence-electron chi connectivity index (χ4n) is 4.43. The highest BCUT2D eigenvalue weighted by molar-refractivity contribution is 6.93. The van der Waals surface area contributed by atoms with E-state index in [0.29, 0.717) is 13.0 Å². The van der Waals surface area contributed by atoms with Crippen LogP contribution < -0.4 is 9.92 Å². The lowest BCUT2D eigenvalue weighted by atomic mass is 9.92. The van der Waals surface area contributed by atoms with Gasteiger partial charge in [-0.3, -0.25) is 4.79 Å². The summed E-state index contributed by atoms with van der Waals surface area (Å²) in [4.78, 5) is 13.2. The Kier molecular flexibility index (Phi) is 7.17. The van der Waals surface area contributed by atoms with Gasteiger partial charge in [-0.15, -0.1) is 0 Å². The second-order valence-electron chi connectivity index (χ2n) is 12.8. The quantitative estimate of drug-likeness (QED) is 0.274. The van der Waals surface area contributed by atoms with E-state index >= 15 is 0 Å². The Labute approximate surface area is 204 Å². The zero-order valence-corrected chi connectivity index (χ0v) is 24.7. The van der Waals surface area contributed by atoms with Gasteiger partial charge in [-0.2, -0.15) is 0 Å². The Bertz CT molecular complexity index is 995. The molecule has 0 unspecified atom stereocenters. The minimum absolute atomic E-state index is 0.131. The fraction of sp³-hybridized carbons (Fsp3) is 0.679. The molecule has 33 heavy (non-hydrogen) atoms. The van der Waals surface area contributed by atoms with Gasteiger partial charge in [0.25, 0.3) is 0 Å². The first-order chi connectivity index (χ1) is 15.1. The highest BCUT2D eigenvalue weighted by Crippen LogP contribution is 2.43. The van der Waals surface area contributed by atoms with Gasteiger partial charge in [0, 0.05) is 36.1 Å². The molecule has 1 aliphatic carbocycles. The molecule has 0 amide bonds. The van der Waals surface area contributed by atoms with E-state index in [1.807, 2.05) is 0 Å². The standard InChI is InChI=1S/C28H44O3Si2/c1-27(2,3)32(7,8)26-24-21(16-17-23(24)29)20(22-15-13-18-30-25(22)26)14-11-12-19-31-33(9,10)28(4,5)6/h12-13,15-19H2,1-10H3. The van der Waals surface area contributed by atoms with Gasteiger partial charge < -0.3 is 9.16 Å². The van der Waals surface area contributed by atoms with E-state index < -0.39 is 16.4 Å². The van der Waals surface area contributed by atoms with Crippen LogP contribution in [0.1, 0.15) is 87.9 Å². The van der Waals surface area contributed by atoms with Crippen molar-refractivity contribution < 1.29 is 14.0 Å². The van der Waals surface area contributed by atoms with Crippen molar-refractivity contribution >= 4 is 27.4 Å². The first kappa shape index (κ1) is 26.3.